The highest BCUT2D eigenvalue weighted by Crippen LogP contribution is 2.17. The van der Waals surface area contributed by atoms with E-state index in [0.717, 1.165) is 24.3 Å². The topological polar surface area (TPSA) is 80.9 Å². The zero-order chi connectivity index (χ0) is 18.2. The lowest BCUT2D eigenvalue weighted by atomic mass is 10.2. The summed E-state index contributed by atoms with van der Waals surface area (Å²) in [5, 5.41) is 6.56. The Morgan fingerprint density at radius 1 is 1.37 bits per heavy atom. The number of hydrogen-bond donors (Lipinski definition) is 2. The average Bonchev–Trinajstić information content (AvgIpc) is 3.36. The largest absolute Gasteiger partial charge is 0.444 e. The minimum atomic E-state index is 0. The Kier molecular flexibility index (Phi) is 9.02. The molecule has 2 heterocycles. The summed E-state index contributed by atoms with van der Waals surface area (Å²) in [6, 6.07) is 9.98. The molecule has 2 unspecified atom stereocenters. The summed E-state index contributed by atoms with van der Waals surface area (Å²) in [7, 11) is 1.74. The molecule has 1 aromatic heterocycles. The number of ether oxygens (including phenoxy) is 2. The molecule has 1 fully saturated rings. The van der Waals surface area contributed by atoms with Gasteiger partial charge >= 0.3 is 0 Å². The van der Waals surface area contributed by atoms with Crippen LogP contribution in [-0.2, 0) is 16.0 Å². The normalized spacial score (nSPS) is 18.0. The number of nitrogens with one attached hydrogen (secondary N) is 2. The lowest BCUT2D eigenvalue weighted by Crippen LogP contribution is -2.44. The van der Waals surface area contributed by atoms with Crippen LogP contribution in [0.3, 0.4) is 0 Å². The molecule has 0 amide bonds. The van der Waals surface area contributed by atoms with Gasteiger partial charge in [-0.25, -0.2) is 4.98 Å². The maximum absolute atomic E-state index is 5.83. The van der Waals surface area contributed by atoms with Gasteiger partial charge in [-0.05, 0) is 25.5 Å². The molecule has 1 aromatic carbocycles. The molecule has 7 nitrogen and oxygen atoms in total. The number of benzene rings is 1. The monoisotopic (exact) mass is 486 g/mol. The molecule has 0 aliphatic carbocycles. The highest BCUT2D eigenvalue weighted by Gasteiger charge is 2.17. The molecule has 0 radical (unpaired) electrons. The minimum absolute atomic E-state index is 0. The molecule has 27 heavy (non-hydrogen) atoms. The number of nitrogens with zero attached hydrogens (tertiary/aromatic N) is 2. The van der Waals surface area contributed by atoms with E-state index in [1.165, 1.54) is 0 Å². The second kappa shape index (κ2) is 11.3. The molecular formula is C19H27IN4O3. The van der Waals surface area contributed by atoms with Gasteiger partial charge in [-0.2, -0.15) is 0 Å². The first kappa shape index (κ1) is 21.6. The van der Waals surface area contributed by atoms with Crippen molar-refractivity contribution in [2.45, 2.75) is 32.0 Å². The van der Waals surface area contributed by atoms with E-state index in [1.807, 2.05) is 30.3 Å². The Labute approximate surface area is 177 Å². The summed E-state index contributed by atoms with van der Waals surface area (Å²) in [5.41, 5.74) is 1.78. The standard InChI is InChI=1S/C19H26N4O3.HI/c1-14(11-25-17-8-9-24-13-17)22-19(20-2)21-10-16-12-26-18(23-16)15-6-4-3-5-7-15;/h3-7,12,14,17H,8-11,13H2,1-2H3,(H2,20,21,22);1H. The summed E-state index contributed by atoms with van der Waals surface area (Å²) in [6.45, 7) is 4.68. The van der Waals surface area contributed by atoms with Gasteiger partial charge in [-0.15, -0.1) is 24.0 Å². The van der Waals surface area contributed by atoms with Crippen LogP contribution < -0.4 is 10.6 Å². The Morgan fingerprint density at radius 2 is 2.19 bits per heavy atom. The first-order valence-corrected chi connectivity index (χ1v) is 8.91. The van der Waals surface area contributed by atoms with Gasteiger partial charge < -0.3 is 24.5 Å². The molecule has 3 rings (SSSR count). The number of halogens is 1. The van der Waals surface area contributed by atoms with Gasteiger partial charge in [-0.1, -0.05) is 18.2 Å². The van der Waals surface area contributed by atoms with Crippen molar-refractivity contribution >= 4 is 29.9 Å². The van der Waals surface area contributed by atoms with Crippen LogP contribution in [0.2, 0.25) is 0 Å². The van der Waals surface area contributed by atoms with E-state index in [4.69, 9.17) is 13.9 Å². The number of guanidine groups is 1. The summed E-state index contributed by atoms with van der Waals surface area (Å²) >= 11 is 0. The molecule has 0 spiro atoms. The van der Waals surface area contributed by atoms with Crippen LogP contribution in [0.5, 0.6) is 0 Å². The van der Waals surface area contributed by atoms with Gasteiger partial charge in [-0.3, -0.25) is 4.99 Å². The molecule has 1 aliphatic heterocycles. The SMILES string of the molecule is CN=C(NCc1coc(-c2ccccc2)n1)NC(C)COC1CCOC1.I. The van der Waals surface area contributed by atoms with Crippen molar-refractivity contribution < 1.29 is 13.9 Å². The molecule has 2 atom stereocenters. The van der Waals surface area contributed by atoms with Crippen LogP contribution in [0.25, 0.3) is 11.5 Å². The Bertz CT molecular complexity index is 702. The van der Waals surface area contributed by atoms with E-state index >= 15 is 0 Å². The van der Waals surface area contributed by atoms with E-state index in [1.54, 1.807) is 13.3 Å². The van der Waals surface area contributed by atoms with Gasteiger partial charge in [0.25, 0.3) is 0 Å². The van der Waals surface area contributed by atoms with Gasteiger partial charge in [0.1, 0.15) is 6.26 Å². The first-order valence-electron chi connectivity index (χ1n) is 8.91. The quantitative estimate of drug-likeness (QED) is 0.356. The van der Waals surface area contributed by atoms with E-state index in [2.05, 4.69) is 27.5 Å². The summed E-state index contributed by atoms with van der Waals surface area (Å²) in [4.78, 5) is 8.75. The van der Waals surface area contributed by atoms with Gasteiger partial charge in [0.15, 0.2) is 5.96 Å². The third-order valence-corrected chi connectivity index (χ3v) is 4.09. The van der Waals surface area contributed by atoms with Crippen molar-refractivity contribution in [2.24, 2.45) is 4.99 Å². The summed E-state index contributed by atoms with van der Waals surface area (Å²) in [5.74, 6) is 1.32. The Hall–Kier alpha value is -1.65. The van der Waals surface area contributed by atoms with Crippen molar-refractivity contribution in [1.29, 1.82) is 0 Å². The van der Waals surface area contributed by atoms with Crippen molar-refractivity contribution in [3.05, 3.63) is 42.3 Å². The third-order valence-electron chi connectivity index (χ3n) is 4.09. The molecule has 1 saturated heterocycles. The predicted molar refractivity (Wildman–Crippen MR) is 115 cm³/mol. The van der Waals surface area contributed by atoms with E-state index in [0.29, 0.717) is 31.6 Å². The van der Waals surface area contributed by atoms with Crippen LogP contribution >= 0.6 is 24.0 Å². The summed E-state index contributed by atoms with van der Waals surface area (Å²) < 4.78 is 16.7. The van der Waals surface area contributed by atoms with E-state index < -0.39 is 0 Å². The maximum atomic E-state index is 5.83. The van der Waals surface area contributed by atoms with Crippen molar-refractivity contribution in [2.75, 3.05) is 26.9 Å². The number of rotatable bonds is 7. The van der Waals surface area contributed by atoms with E-state index in [9.17, 15) is 0 Å². The molecule has 8 heteroatoms. The zero-order valence-electron chi connectivity index (χ0n) is 15.7. The molecule has 1 aliphatic rings. The molecular weight excluding hydrogens is 459 g/mol. The minimum Gasteiger partial charge on any atom is -0.444 e. The lowest BCUT2D eigenvalue weighted by molar-refractivity contribution is 0.0347. The smallest absolute Gasteiger partial charge is 0.226 e. The predicted octanol–water partition coefficient (Wildman–Crippen LogP) is 2.82. The Morgan fingerprint density at radius 3 is 2.89 bits per heavy atom. The van der Waals surface area contributed by atoms with E-state index in [-0.39, 0.29) is 36.1 Å². The van der Waals surface area contributed by atoms with Crippen LogP contribution in [-0.4, -0.2) is 50.0 Å². The van der Waals surface area contributed by atoms with Crippen molar-refractivity contribution in [3.63, 3.8) is 0 Å². The Balaban J connectivity index is 0.00000261. The average molecular weight is 486 g/mol. The molecule has 2 N–H and O–H groups in total. The number of aliphatic imine (C=N–C) groups is 1. The van der Waals surface area contributed by atoms with Crippen molar-refractivity contribution in [1.82, 2.24) is 15.6 Å². The fraction of sp³-hybridized carbons (Fsp3) is 0.474. The molecule has 148 valence electrons. The van der Waals surface area contributed by atoms with Crippen LogP contribution in [0, 0.1) is 0 Å². The first-order chi connectivity index (χ1) is 12.7. The fourth-order valence-corrected chi connectivity index (χ4v) is 2.67. The zero-order valence-corrected chi connectivity index (χ0v) is 18.0. The maximum Gasteiger partial charge on any atom is 0.226 e. The second-order valence-electron chi connectivity index (χ2n) is 6.30. The lowest BCUT2D eigenvalue weighted by Gasteiger charge is -2.19. The number of aromatic nitrogens is 1. The highest BCUT2D eigenvalue weighted by atomic mass is 127. The molecule has 0 saturated carbocycles. The van der Waals surface area contributed by atoms with Crippen LogP contribution in [0.15, 0.2) is 46.0 Å². The third kappa shape index (κ3) is 6.78. The number of hydrogen-bond acceptors (Lipinski definition) is 5. The second-order valence-corrected chi connectivity index (χ2v) is 6.30. The molecule has 0 bridgehead atoms. The van der Waals surface area contributed by atoms with Crippen LogP contribution in [0.4, 0.5) is 0 Å². The van der Waals surface area contributed by atoms with Crippen LogP contribution in [0.1, 0.15) is 19.0 Å². The molecule has 2 aromatic rings. The fourth-order valence-electron chi connectivity index (χ4n) is 2.67. The van der Waals surface area contributed by atoms with Gasteiger partial charge in [0.05, 0.1) is 31.6 Å². The van der Waals surface area contributed by atoms with Gasteiger partial charge in [0, 0.05) is 25.3 Å². The van der Waals surface area contributed by atoms with Gasteiger partial charge in [0.2, 0.25) is 5.89 Å². The van der Waals surface area contributed by atoms with Crippen molar-refractivity contribution in [3.8, 4) is 11.5 Å². The number of oxazole rings is 1. The highest BCUT2D eigenvalue weighted by molar-refractivity contribution is 14.0. The summed E-state index contributed by atoms with van der Waals surface area (Å²) in [6.07, 6.45) is 2.84.